The lowest BCUT2D eigenvalue weighted by molar-refractivity contribution is 0.519. The monoisotopic (exact) mass is 236 g/mol. The summed E-state index contributed by atoms with van der Waals surface area (Å²) >= 11 is 5.53. The Hall–Kier alpha value is -1.28. The van der Waals surface area contributed by atoms with E-state index >= 15 is 0 Å². The maximum absolute atomic E-state index is 5.53. The van der Waals surface area contributed by atoms with Gasteiger partial charge in [-0.1, -0.05) is 36.4 Å². The minimum atomic E-state index is 0.612. The number of nitrogens with zero attached hydrogens (tertiary/aromatic N) is 2. The summed E-state index contributed by atoms with van der Waals surface area (Å²) in [5.41, 5.74) is 1.18. The van der Waals surface area contributed by atoms with E-state index in [0.717, 1.165) is 19.6 Å². The van der Waals surface area contributed by atoms with Crippen molar-refractivity contribution in [3.63, 3.8) is 0 Å². The van der Waals surface area contributed by atoms with Crippen LogP contribution in [-0.4, -0.2) is 30.9 Å². The Balaban J connectivity index is 0.000000160. The fourth-order valence-corrected chi connectivity index (χ4v) is 1.47. The average Bonchev–Trinajstić information content (AvgIpc) is 2.84. The van der Waals surface area contributed by atoms with Crippen molar-refractivity contribution in [2.75, 3.05) is 19.6 Å². The third-order valence-electron chi connectivity index (χ3n) is 2.12. The van der Waals surface area contributed by atoms with E-state index in [1.54, 1.807) is 0 Å². The highest BCUT2D eigenvalue weighted by Crippen LogP contribution is 2.00. The fraction of sp³-hybridized carbons (Fsp3) is 0.308. The van der Waals surface area contributed by atoms with E-state index in [4.69, 9.17) is 11.6 Å². The van der Waals surface area contributed by atoms with E-state index in [2.05, 4.69) is 16.5 Å². The molecule has 0 spiro atoms. The summed E-state index contributed by atoms with van der Waals surface area (Å²) in [6, 6.07) is 9.96. The molecule has 1 aliphatic heterocycles. The second-order valence-corrected chi connectivity index (χ2v) is 3.69. The summed E-state index contributed by atoms with van der Waals surface area (Å²) in [4.78, 5) is 6.17. The van der Waals surface area contributed by atoms with Crippen molar-refractivity contribution in [1.82, 2.24) is 4.90 Å². The fourth-order valence-electron chi connectivity index (χ4n) is 1.29. The molecule has 0 saturated carbocycles. The molecule has 0 aromatic heterocycles. The molecule has 0 radical (unpaired) electrons. The van der Waals surface area contributed by atoms with Crippen molar-refractivity contribution >= 4 is 17.9 Å². The molecule has 1 aromatic rings. The zero-order valence-corrected chi connectivity index (χ0v) is 10.1. The smallest absolute Gasteiger partial charge is 0.0854 e. The second kappa shape index (κ2) is 7.94. The predicted octanol–water partition coefficient (Wildman–Crippen LogP) is 2.94. The van der Waals surface area contributed by atoms with Gasteiger partial charge < -0.3 is 4.90 Å². The van der Waals surface area contributed by atoms with Crippen LogP contribution in [0.15, 0.2) is 48.0 Å². The molecule has 0 amide bonds. The number of benzene rings is 1. The van der Waals surface area contributed by atoms with Crippen LogP contribution in [0.2, 0.25) is 0 Å². The van der Waals surface area contributed by atoms with Gasteiger partial charge in [0.15, 0.2) is 0 Å². The van der Waals surface area contributed by atoms with Gasteiger partial charge in [-0.25, -0.2) is 0 Å². The normalized spacial score (nSPS) is 13.2. The molecular weight excluding hydrogens is 220 g/mol. The SMILES string of the molecule is C=CCN1C=NCC1.ClCc1ccccc1. The summed E-state index contributed by atoms with van der Waals surface area (Å²) in [6.45, 7) is 6.57. The Labute approximate surface area is 102 Å². The molecule has 16 heavy (non-hydrogen) atoms. The first-order chi connectivity index (χ1) is 7.86. The van der Waals surface area contributed by atoms with Gasteiger partial charge in [0.05, 0.1) is 12.9 Å². The van der Waals surface area contributed by atoms with Gasteiger partial charge >= 0.3 is 0 Å². The number of rotatable bonds is 3. The summed E-state index contributed by atoms with van der Waals surface area (Å²) < 4.78 is 0. The molecule has 2 rings (SSSR count). The highest BCUT2D eigenvalue weighted by atomic mass is 35.5. The zero-order valence-electron chi connectivity index (χ0n) is 9.35. The van der Waals surface area contributed by atoms with E-state index in [9.17, 15) is 0 Å². The lowest BCUT2D eigenvalue weighted by atomic mass is 10.2. The van der Waals surface area contributed by atoms with Crippen LogP contribution in [0.4, 0.5) is 0 Å². The quantitative estimate of drug-likeness (QED) is 0.582. The lowest BCUT2D eigenvalue weighted by Gasteiger charge is -2.08. The molecule has 1 aliphatic rings. The van der Waals surface area contributed by atoms with Gasteiger partial charge in [0.25, 0.3) is 0 Å². The van der Waals surface area contributed by atoms with E-state index in [0.29, 0.717) is 5.88 Å². The highest BCUT2D eigenvalue weighted by Gasteiger charge is 1.99. The van der Waals surface area contributed by atoms with Crippen LogP contribution < -0.4 is 0 Å². The summed E-state index contributed by atoms with van der Waals surface area (Å²) in [7, 11) is 0. The van der Waals surface area contributed by atoms with Crippen molar-refractivity contribution in [2.24, 2.45) is 4.99 Å². The molecule has 0 bridgehead atoms. The van der Waals surface area contributed by atoms with Crippen LogP contribution in [-0.2, 0) is 5.88 Å². The molecule has 2 nitrogen and oxygen atoms in total. The molecule has 0 aliphatic carbocycles. The van der Waals surface area contributed by atoms with Crippen LogP contribution in [0.1, 0.15) is 5.56 Å². The van der Waals surface area contributed by atoms with Gasteiger partial charge in [-0.3, -0.25) is 4.99 Å². The summed E-state index contributed by atoms with van der Waals surface area (Å²) in [5.74, 6) is 0.612. The van der Waals surface area contributed by atoms with E-state index < -0.39 is 0 Å². The number of halogens is 1. The standard InChI is InChI=1S/C7H7Cl.C6H10N2/c8-6-7-4-2-1-3-5-7;1-2-4-8-5-3-7-6-8/h1-5H,6H2;2,6H,1,3-5H2. The van der Waals surface area contributed by atoms with Gasteiger partial charge in [-0.2, -0.15) is 0 Å². The largest absolute Gasteiger partial charge is 0.357 e. The van der Waals surface area contributed by atoms with Crippen LogP contribution in [0.5, 0.6) is 0 Å². The molecule has 0 atom stereocenters. The topological polar surface area (TPSA) is 15.6 Å². The van der Waals surface area contributed by atoms with Crippen molar-refractivity contribution in [1.29, 1.82) is 0 Å². The maximum atomic E-state index is 5.53. The summed E-state index contributed by atoms with van der Waals surface area (Å²) in [5, 5.41) is 0. The Morgan fingerprint density at radius 1 is 1.38 bits per heavy atom. The molecule has 3 heteroatoms. The van der Waals surface area contributed by atoms with Gasteiger partial charge in [0.2, 0.25) is 0 Å². The van der Waals surface area contributed by atoms with Crippen molar-refractivity contribution in [3.05, 3.63) is 48.6 Å². The van der Waals surface area contributed by atoms with Crippen LogP contribution in [0.25, 0.3) is 0 Å². The van der Waals surface area contributed by atoms with Crippen LogP contribution in [0, 0.1) is 0 Å². The van der Waals surface area contributed by atoms with Gasteiger partial charge in [0.1, 0.15) is 0 Å². The van der Waals surface area contributed by atoms with Crippen LogP contribution in [0.3, 0.4) is 0 Å². The maximum Gasteiger partial charge on any atom is 0.0854 e. The number of aliphatic imine (C=N–C) groups is 1. The second-order valence-electron chi connectivity index (χ2n) is 3.42. The first kappa shape index (κ1) is 12.8. The first-order valence-electron chi connectivity index (χ1n) is 5.31. The van der Waals surface area contributed by atoms with Crippen LogP contribution >= 0.6 is 11.6 Å². The lowest BCUT2D eigenvalue weighted by Crippen LogP contribution is -2.18. The highest BCUT2D eigenvalue weighted by molar-refractivity contribution is 6.17. The number of alkyl halides is 1. The minimum Gasteiger partial charge on any atom is -0.357 e. The molecular formula is C13H17ClN2. The van der Waals surface area contributed by atoms with E-state index in [-0.39, 0.29) is 0 Å². The molecule has 86 valence electrons. The van der Waals surface area contributed by atoms with Crippen molar-refractivity contribution in [2.45, 2.75) is 5.88 Å². The number of hydrogen-bond acceptors (Lipinski definition) is 2. The molecule has 1 aromatic carbocycles. The predicted molar refractivity (Wildman–Crippen MR) is 71.1 cm³/mol. The van der Waals surface area contributed by atoms with Gasteiger partial charge in [0, 0.05) is 19.0 Å². The Morgan fingerprint density at radius 2 is 2.12 bits per heavy atom. The Kier molecular flexibility index (Phi) is 6.35. The molecule has 0 N–H and O–H groups in total. The van der Waals surface area contributed by atoms with Crippen molar-refractivity contribution < 1.29 is 0 Å². The molecule has 0 fully saturated rings. The first-order valence-corrected chi connectivity index (χ1v) is 5.85. The Bertz CT molecular complexity index is 322. The average molecular weight is 237 g/mol. The molecule has 0 saturated heterocycles. The molecule has 1 heterocycles. The van der Waals surface area contributed by atoms with E-state index in [1.165, 1.54) is 5.56 Å². The molecule has 0 unspecified atom stereocenters. The number of hydrogen-bond donors (Lipinski definition) is 0. The third kappa shape index (κ3) is 4.99. The zero-order chi connectivity index (χ0) is 11.6. The summed E-state index contributed by atoms with van der Waals surface area (Å²) in [6.07, 6.45) is 3.76. The Morgan fingerprint density at radius 3 is 2.56 bits per heavy atom. The van der Waals surface area contributed by atoms with Gasteiger partial charge in [-0.15, -0.1) is 18.2 Å². The van der Waals surface area contributed by atoms with E-state index in [1.807, 2.05) is 42.7 Å². The minimum absolute atomic E-state index is 0.612. The third-order valence-corrected chi connectivity index (χ3v) is 2.43. The van der Waals surface area contributed by atoms with Gasteiger partial charge in [-0.05, 0) is 5.56 Å². The van der Waals surface area contributed by atoms with Crippen molar-refractivity contribution in [3.8, 4) is 0 Å².